The zero-order chi connectivity index (χ0) is 35.8. The second kappa shape index (κ2) is 13.6. The number of anilines is 3. The molecule has 15 nitrogen and oxygen atoms in total. The minimum Gasteiger partial charge on any atom is -0.497 e. The molecule has 3 aromatic heterocycles. The Morgan fingerprint density at radius 1 is 1.04 bits per heavy atom. The van der Waals surface area contributed by atoms with E-state index in [1.54, 1.807) is 23.2 Å². The van der Waals surface area contributed by atoms with Gasteiger partial charge in [0.25, 0.3) is 0 Å². The van der Waals surface area contributed by atoms with E-state index in [-0.39, 0.29) is 53.4 Å². The Morgan fingerprint density at radius 3 is 2.35 bits per heavy atom. The monoisotopic (exact) mass is 699 g/mol. The molecular formula is C32H42FN9O6S. The summed E-state index contributed by atoms with van der Waals surface area (Å²) in [7, 11) is 1.64. The van der Waals surface area contributed by atoms with Crippen LogP contribution in [0.1, 0.15) is 40.4 Å². The maximum atomic E-state index is 16.0. The number of carbonyl (C=O) groups excluding carboxylic acids is 1. The smallest absolute Gasteiger partial charge is 0.410 e. The molecule has 0 aliphatic carbocycles. The van der Waals surface area contributed by atoms with Gasteiger partial charge in [-0.2, -0.15) is 12.7 Å². The molecule has 0 bridgehead atoms. The molecule has 49 heavy (non-hydrogen) atoms. The summed E-state index contributed by atoms with van der Waals surface area (Å²) in [6.45, 7) is 10.2. The Hall–Kier alpha value is -4.77. The van der Waals surface area contributed by atoms with Gasteiger partial charge in [0.1, 0.15) is 34.3 Å². The van der Waals surface area contributed by atoms with Crippen molar-refractivity contribution in [2.75, 3.05) is 51.2 Å². The quantitative estimate of drug-likeness (QED) is 0.247. The molecule has 264 valence electrons. The zero-order valence-electron chi connectivity index (χ0n) is 29.1. The molecule has 0 N–H and O–H groups in total. The molecule has 1 aliphatic rings. The van der Waals surface area contributed by atoms with E-state index in [1.807, 2.05) is 39.5 Å². The van der Waals surface area contributed by atoms with Crippen molar-refractivity contribution < 1.29 is 31.8 Å². The fourth-order valence-electron chi connectivity index (χ4n) is 5.64. The normalized spacial score (nSPS) is 17.0. The lowest BCUT2D eigenvalue weighted by molar-refractivity contribution is 0.00559. The van der Waals surface area contributed by atoms with Gasteiger partial charge in [0, 0.05) is 51.7 Å². The Kier molecular flexibility index (Phi) is 9.88. The molecule has 1 fully saturated rings. The summed E-state index contributed by atoms with van der Waals surface area (Å²) in [5, 5.41) is 0. The Labute approximate surface area is 285 Å². The average molecular weight is 700 g/mol. The fourth-order valence-corrected chi connectivity index (χ4v) is 6.57. The van der Waals surface area contributed by atoms with Crippen LogP contribution in [0.3, 0.4) is 0 Å². The Bertz CT molecular complexity index is 1940. The van der Waals surface area contributed by atoms with Crippen molar-refractivity contribution in [2.45, 2.75) is 58.8 Å². The number of amides is 1. The van der Waals surface area contributed by atoms with Crippen LogP contribution in [0.15, 0.2) is 42.9 Å². The largest absolute Gasteiger partial charge is 0.497 e. The molecule has 1 aliphatic heterocycles. The van der Waals surface area contributed by atoms with Gasteiger partial charge in [0.15, 0.2) is 17.2 Å². The minimum absolute atomic E-state index is 0.00452. The number of fused-ring (bicyclic) bond motifs is 1. The molecule has 1 aromatic carbocycles. The first kappa shape index (κ1) is 35.5. The highest BCUT2D eigenvalue weighted by molar-refractivity contribution is 7.87. The minimum atomic E-state index is -3.95. The summed E-state index contributed by atoms with van der Waals surface area (Å²) in [5.74, 6) is 0.390. The predicted molar refractivity (Wildman–Crippen MR) is 182 cm³/mol. The SMILES string of the molecule is COc1cc(OC)c(F)c(N(Cc2nccn2S(=O)(=O)N(C)C)c2ccc3ncc(N4C[C@@H](C)N(C(=O)OC(C)(C)C)[C@@H](C)C4)nc3n2)c1. The van der Waals surface area contributed by atoms with Gasteiger partial charge in [-0.25, -0.2) is 33.1 Å². The average Bonchev–Trinajstić information content (AvgIpc) is 3.51. The first-order valence-electron chi connectivity index (χ1n) is 15.6. The number of nitrogens with zero attached hydrogens (tertiary/aromatic N) is 9. The zero-order valence-corrected chi connectivity index (χ0v) is 29.9. The van der Waals surface area contributed by atoms with Crippen molar-refractivity contribution in [2.24, 2.45) is 0 Å². The van der Waals surface area contributed by atoms with Crippen molar-refractivity contribution in [3.8, 4) is 11.5 Å². The maximum absolute atomic E-state index is 16.0. The Balaban J connectivity index is 1.55. The van der Waals surface area contributed by atoms with E-state index < -0.39 is 21.6 Å². The molecule has 5 rings (SSSR count). The lowest BCUT2D eigenvalue weighted by Crippen LogP contribution is -2.59. The van der Waals surface area contributed by atoms with E-state index in [0.717, 1.165) is 8.28 Å². The second-order valence-corrected chi connectivity index (χ2v) is 14.9. The first-order valence-corrected chi connectivity index (χ1v) is 17.0. The molecule has 0 unspecified atom stereocenters. The summed E-state index contributed by atoms with van der Waals surface area (Å²) in [6.07, 6.45) is 3.96. The number of pyridine rings is 1. The van der Waals surface area contributed by atoms with Gasteiger partial charge in [-0.3, -0.25) is 4.90 Å². The van der Waals surface area contributed by atoms with Crippen molar-refractivity contribution in [3.63, 3.8) is 0 Å². The van der Waals surface area contributed by atoms with Gasteiger partial charge in [-0.15, -0.1) is 0 Å². The predicted octanol–water partition coefficient (Wildman–Crippen LogP) is 4.20. The molecule has 1 amide bonds. The van der Waals surface area contributed by atoms with Crippen LogP contribution in [0.5, 0.6) is 11.5 Å². The van der Waals surface area contributed by atoms with Crippen molar-refractivity contribution >= 4 is 44.8 Å². The van der Waals surface area contributed by atoms with Crippen LogP contribution in [0, 0.1) is 5.82 Å². The van der Waals surface area contributed by atoms with E-state index in [2.05, 4.69) is 9.97 Å². The fraction of sp³-hybridized carbons (Fsp3) is 0.469. The standard InChI is InChI=1S/C32H42FN9O6S/c1-20-17-39(18-21(2)42(20)31(43)48-32(3,4)5)27-16-35-23-10-11-26(36-30(23)37-27)40(24-14-22(46-8)15-25(47-9)29(24)33)19-28-34-12-13-41(28)49(44,45)38(6)7/h10-16,20-21H,17-19H2,1-9H3/t20-,21+. The van der Waals surface area contributed by atoms with Gasteiger partial charge >= 0.3 is 16.3 Å². The van der Waals surface area contributed by atoms with Crippen LogP contribution in [0.4, 0.5) is 26.5 Å². The molecule has 2 atom stereocenters. The molecule has 0 saturated carbocycles. The number of rotatable bonds is 9. The molecule has 1 saturated heterocycles. The second-order valence-electron chi connectivity index (χ2n) is 12.9. The van der Waals surface area contributed by atoms with E-state index in [9.17, 15) is 13.2 Å². The number of hydrogen-bond acceptors (Lipinski definition) is 12. The van der Waals surface area contributed by atoms with Crippen molar-refractivity contribution in [3.05, 3.63) is 54.5 Å². The molecule has 0 radical (unpaired) electrons. The third kappa shape index (κ3) is 7.32. The Morgan fingerprint density at radius 2 is 1.73 bits per heavy atom. The topological polar surface area (TPSA) is 148 Å². The third-order valence-corrected chi connectivity index (χ3v) is 9.69. The van der Waals surface area contributed by atoms with Gasteiger partial charge < -0.3 is 24.0 Å². The summed E-state index contributed by atoms with van der Waals surface area (Å²) < 4.78 is 60.7. The third-order valence-electron chi connectivity index (χ3n) is 7.93. The van der Waals surface area contributed by atoms with Crippen LogP contribution < -0.4 is 19.3 Å². The number of benzene rings is 1. The van der Waals surface area contributed by atoms with Gasteiger partial charge in [-0.05, 0) is 46.8 Å². The first-order chi connectivity index (χ1) is 23.0. The number of carbonyl (C=O) groups is 1. The number of piperazine rings is 1. The van der Waals surface area contributed by atoms with Crippen LogP contribution in [-0.2, 0) is 21.5 Å². The van der Waals surface area contributed by atoms with Gasteiger partial charge in [-0.1, -0.05) is 0 Å². The highest BCUT2D eigenvalue weighted by atomic mass is 32.2. The van der Waals surface area contributed by atoms with E-state index in [0.29, 0.717) is 30.2 Å². The van der Waals surface area contributed by atoms with Crippen LogP contribution >= 0.6 is 0 Å². The molecule has 0 spiro atoms. The number of methoxy groups -OCH3 is 2. The molecular weight excluding hydrogens is 657 g/mol. The number of imidazole rings is 1. The van der Waals surface area contributed by atoms with Gasteiger partial charge in [0.2, 0.25) is 0 Å². The van der Waals surface area contributed by atoms with Crippen molar-refractivity contribution in [1.82, 2.24) is 33.1 Å². The van der Waals surface area contributed by atoms with E-state index in [1.165, 1.54) is 57.7 Å². The van der Waals surface area contributed by atoms with Gasteiger partial charge in [0.05, 0.1) is 44.7 Å². The lowest BCUT2D eigenvalue weighted by atomic mass is 10.1. The van der Waals surface area contributed by atoms with E-state index >= 15 is 4.39 Å². The number of aromatic nitrogens is 5. The highest BCUT2D eigenvalue weighted by Crippen LogP contribution is 2.37. The summed E-state index contributed by atoms with van der Waals surface area (Å²) in [4.78, 5) is 36.7. The molecule has 4 aromatic rings. The summed E-state index contributed by atoms with van der Waals surface area (Å²) in [5.41, 5.74) is 0.147. The number of hydrogen-bond donors (Lipinski definition) is 0. The van der Waals surface area contributed by atoms with Crippen LogP contribution in [-0.4, -0.2) is 107 Å². The molecule has 4 heterocycles. The lowest BCUT2D eigenvalue weighted by Gasteiger charge is -2.44. The molecule has 17 heteroatoms. The summed E-state index contributed by atoms with van der Waals surface area (Å²) >= 11 is 0. The number of halogens is 1. The van der Waals surface area contributed by atoms with Crippen LogP contribution in [0.25, 0.3) is 11.2 Å². The summed E-state index contributed by atoms with van der Waals surface area (Å²) in [6, 6.07) is 5.85. The maximum Gasteiger partial charge on any atom is 0.410 e. The highest BCUT2D eigenvalue weighted by Gasteiger charge is 2.36. The van der Waals surface area contributed by atoms with Crippen LogP contribution in [0.2, 0.25) is 0 Å². The number of ether oxygens (including phenoxy) is 3. The van der Waals surface area contributed by atoms with Crippen molar-refractivity contribution in [1.29, 1.82) is 0 Å². The van der Waals surface area contributed by atoms with E-state index in [4.69, 9.17) is 24.2 Å².